The van der Waals surface area contributed by atoms with Crippen molar-refractivity contribution in [3.05, 3.63) is 28.2 Å². The first kappa shape index (κ1) is 12.0. The van der Waals surface area contributed by atoms with Crippen molar-refractivity contribution in [2.24, 2.45) is 11.7 Å². The van der Waals surface area contributed by atoms with E-state index < -0.39 is 0 Å². The minimum atomic E-state index is 0.269. The molecule has 2 atom stereocenters. The van der Waals surface area contributed by atoms with E-state index in [1.807, 2.05) is 6.07 Å². The van der Waals surface area contributed by atoms with Gasteiger partial charge in [-0.25, -0.2) is 0 Å². The maximum Gasteiger partial charge on any atom is 0.121 e. The third-order valence-electron chi connectivity index (χ3n) is 3.02. The molecule has 0 amide bonds. The lowest BCUT2D eigenvalue weighted by atomic mass is 10.1. The molecule has 0 saturated heterocycles. The zero-order valence-electron chi connectivity index (χ0n) is 8.96. The van der Waals surface area contributed by atoms with Crippen molar-refractivity contribution in [2.75, 3.05) is 6.54 Å². The van der Waals surface area contributed by atoms with E-state index in [4.69, 9.17) is 33.7 Å². The molecule has 1 aliphatic rings. The number of benzene rings is 1. The van der Waals surface area contributed by atoms with Gasteiger partial charge in [-0.2, -0.15) is 0 Å². The van der Waals surface area contributed by atoms with Gasteiger partial charge in [0.1, 0.15) is 5.75 Å². The van der Waals surface area contributed by atoms with Gasteiger partial charge in [0, 0.05) is 6.07 Å². The van der Waals surface area contributed by atoms with Crippen molar-refractivity contribution < 1.29 is 4.74 Å². The highest BCUT2D eigenvalue weighted by Crippen LogP contribution is 2.31. The van der Waals surface area contributed by atoms with Crippen LogP contribution < -0.4 is 10.5 Å². The quantitative estimate of drug-likeness (QED) is 0.902. The third-order valence-corrected chi connectivity index (χ3v) is 3.76. The molecule has 1 aromatic carbocycles. The molecular weight excluding hydrogens is 245 g/mol. The Kier molecular flexibility index (Phi) is 3.95. The summed E-state index contributed by atoms with van der Waals surface area (Å²) in [5.74, 6) is 1.39. The molecule has 0 spiro atoms. The molecule has 0 radical (unpaired) electrons. The fourth-order valence-corrected chi connectivity index (χ4v) is 2.38. The number of nitrogens with two attached hydrogens (primary N) is 1. The second-order valence-corrected chi connectivity index (χ2v) is 5.04. The molecule has 2 nitrogen and oxygen atoms in total. The average molecular weight is 260 g/mol. The van der Waals surface area contributed by atoms with Crippen LogP contribution >= 0.6 is 23.2 Å². The maximum atomic E-state index is 5.92. The molecule has 0 heterocycles. The summed E-state index contributed by atoms with van der Waals surface area (Å²) in [5.41, 5.74) is 5.64. The SMILES string of the molecule is NCC1CCC(Oc2ccc(Cl)c(Cl)c2)C1. The summed E-state index contributed by atoms with van der Waals surface area (Å²) in [7, 11) is 0. The van der Waals surface area contributed by atoms with Gasteiger partial charge in [-0.05, 0) is 43.9 Å². The van der Waals surface area contributed by atoms with Gasteiger partial charge in [-0.1, -0.05) is 23.2 Å². The molecule has 16 heavy (non-hydrogen) atoms. The Labute approximate surface area is 106 Å². The fraction of sp³-hybridized carbons (Fsp3) is 0.500. The van der Waals surface area contributed by atoms with E-state index in [0.29, 0.717) is 16.0 Å². The van der Waals surface area contributed by atoms with Gasteiger partial charge in [0.25, 0.3) is 0 Å². The van der Waals surface area contributed by atoms with Crippen LogP contribution in [0.2, 0.25) is 10.0 Å². The summed E-state index contributed by atoms with van der Waals surface area (Å²) in [6.07, 6.45) is 3.53. The van der Waals surface area contributed by atoms with Gasteiger partial charge in [0.15, 0.2) is 0 Å². The van der Waals surface area contributed by atoms with Crippen LogP contribution in [0.4, 0.5) is 0 Å². The van der Waals surface area contributed by atoms with Gasteiger partial charge >= 0.3 is 0 Å². The van der Waals surface area contributed by atoms with Crippen molar-refractivity contribution >= 4 is 23.2 Å². The summed E-state index contributed by atoms with van der Waals surface area (Å²) >= 11 is 11.8. The highest BCUT2D eigenvalue weighted by molar-refractivity contribution is 6.42. The molecule has 2 rings (SSSR count). The minimum absolute atomic E-state index is 0.269. The van der Waals surface area contributed by atoms with Crippen LogP contribution in [0.1, 0.15) is 19.3 Å². The molecule has 2 unspecified atom stereocenters. The molecule has 4 heteroatoms. The standard InChI is InChI=1S/C12H15Cl2NO/c13-11-4-3-10(6-12(11)14)16-9-2-1-8(5-9)7-15/h3-4,6,8-9H,1-2,5,7,15H2. The average Bonchev–Trinajstić information content (AvgIpc) is 2.71. The second-order valence-electron chi connectivity index (χ2n) is 4.23. The Morgan fingerprint density at radius 1 is 1.25 bits per heavy atom. The summed E-state index contributed by atoms with van der Waals surface area (Å²) in [6, 6.07) is 5.37. The Bertz CT molecular complexity index is 370. The minimum Gasteiger partial charge on any atom is -0.490 e. The van der Waals surface area contributed by atoms with Crippen molar-refractivity contribution in [1.82, 2.24) is 0 Å². The zero-order valence-corrected chi connectivity index (χ0v) is 10.5. The normalized spacial score (nSPS) is 24.7. The van der Waals surface area contributed by atoms with Crippen LogP contribution in [-0.4, -0.2) is 12.6 Å². The molecule has 88 valence electrons. The van der Waals surface area contributed by atoms with Crippen molar-refractivity contribution in [1.29, 1.82) is 0 Å². The predicted molar refractivity (Wildman–Crippen MR) is 67.3 cm³/mol. The molecule has 0 bridgehead atoms. The van der Waals surface area contributed by atoms with E-state index in [9.17, 15) is 0 Å². The van der Waals surface area contributed by atoms with Crippen LogP contribution in [0.5, 0.6) is 5.75 Å². The summed E-state index contributed by atoms with van der Waals surface area (Å²) in [4.78, 5) is 0. The number of hydrogen-bond donors (Lipinski definition) is 1. The monoisotopic (exact) mass is 259 g/mol. The van der Waals surface area contributed by atoms with Crippen LogP contribution in [0.25, 0.3) is 0 Å². The Morgan fingerprint density at radius 2 is 2.06 bits per heavy atom. The van der Waals surface area contributed by atoms with Gasteiger partial charge in [-0.3, -0.25) is 0 Å². The summed E-state index contributed by atoms with van der Waals surface area (Å²) in [6.45, 7) is 0.751. The largest absolute Gasteiger partial charge is 0.490 e. The highest BCUT2D eigenvalue weighted by atomic mass is 35.5. The van der Waals surface area contributed by atoms with E-state index in [1.165, 1.54) is 0 Å². The highest BCUT2D eigenvalue weighted by Gasteiger charge is 2.25. The number of ether oxygens (including phenoxy) is 1. The third kappa shape index (κ3) is 2.82. The smallest absolute Gasteiger partial charge is 0.121 e. The number of rotatable bonds is 3. The lowest BCUT2D eigenvalue weighted by Gasteiger charge is -2.14. The van der Waals surface area contributed by atoms with Gasteiger partial charge in [0.05, 0.1) is 16.1 Å². The Hall–Kier alpha value is -0.440. The maximum absolute atomic E-state index is 5.92. The molecule has 1 aliphatic carbocycles. The Balaban J connectivity index is 1.97. The fourth-order valence-electron chi connectivity index (χ4n) is 2.09. The Morgan fingerprint density at radius 3 is 2.69 bits per heavy atom. The molecule has 1 fully saturated rings. The van der Waals surface area contributed by atoms with Gasteiger partial charge in [-0.15, -0.1) is 0 Å². The molecule has 1 aromatic rings. The first-order chi connectivity index (χ1) is 7.69. The van der Waals surface area contributed by atoms with Gasteiger partial charge < -0.3 is 10.5 Å². The molecular formula is C12H15Cl2NO. The van der Waals surface area contributed by atoms with E-state index in [-0.39, 0.29) is 6.10 Å². The zero-order chi connectivity index (χ0) is 11.5. The van der Waals surface area contributed by atoms with Crippen LogP contribution in [0.15, 0.2) is 18.2 Å². The number of hydrogen-bond acceptors (Lipinski definition) is 2. The number of halogens is 2. The molecule has 0 aromatic heterocycles. The summed E-state index contributed by atoms with van der Waals surface area (Å²) < 4.78 is 5.84. The summed E-state index contributed by atoms with van der Waals surface area (Å²) in [5, 5.41) is 1.09. The topological polar surface area (TPSA) is 35.2 Å². The van der Waals surface area contributed by atoms with E-state index in [0.717, 1.165) is 31.6 Å². The van der Waals surface area contributed by atoms with Crippen molar-refractivity contribution in [3.63, 3.8) is 0 Å². The van der Waals surface area contributed by atoms with E-state index in [1.54, 1.807) is 12.1 Å². The van der Waals surface area contributed by atoms with Gasteiger partial charge in [0.2, 0.25) is 0 Å². The second kappa shape index (κ2) is 5.26. The molecule has 0 aliphatic heterocycles. The molecule has 2 N–H and O–H groups in total. The lowest BCUT2D eigenvalue weighted by Crippen LogP contribution is -2.15. The lowest BCUT2D eigenvalue weighted by molar-refractivity contribution is 0.204. The predicted octanol–water partition coefficient (Wildman–Crippen LogP) is 3.50. The molecule has 1 saturated carbocycles. The first-order valence-electron chi connectivity index (χ1n) is 5.51. The van der Waals surface area contributed by atoms with Crippen LogP contribution in [0.3, 0.4) is 0 Å². The van der Waals surface area contributed by atoms with Crippen LogP contribution in [0, 0.1) is 5.92 Å². The van der Waals surface area contributed by atoms with Crippen molar-refractivity contribution in [3.8, 4) is 5.75 Å². The van der Waals surface area contributed by atoms with E-state index >= 15 is 0 Å². The van der Waals surface area contributed by atoms with Crippen LogP contribution in [-0.2, 0) is 0 Å². The van der Waals surface area contributed by atoms with Crippen molar-refractivity contribution in [2.45, 2.75) is 25.4 Å². The van der Waals surface area contributed by atoms with E-state index in [2.05, 4.69) is 0 Å². The first-order valence-corrected chi connectivity index (χ1v) is 6.26.